The predicted molar refractivity (Wildman–Crippen MR) is 87.7 cm³/mol. The number of aromatic nitrogens is 1. The number of thiazole rings is 1. The molecule has 0 bridgehead atoms. The summed E-state index contributed by atoms with van der Waals surface area (Å²) in [6.07, 6.45) is 1.11. The second-order valence-electron chi connectivity index (χ2n) is 5.64. The van der Waals surface area contributed by atoms with Crippen molar-refractivity contribution in [2.75, 3.05) is 0 Å². The van der Waals surface area contributed by atoms with Crippen molar-refractivity contribution >= 4 is 23.2 Å². The van der Waals surface area contributed by atoms with Crippen LogP contribution in [0, 0.1) is 6.92 Å². The highest BCUT2D eigenvalue weighted by Crippen LogP contribution is 2.28. The van der Waals surface area contributed by atoms with Crippen LogP contribution in [0.3, 0.4) is 0 Å². The Labute approximate surface area is 138 Å². The highest BCUT2D eigenvalue weighted by molar-refractivity contribution is 7.13. The van der Waals surface area contributed by atoms with Crippen LogP contribution in [0.15, 0.2) is 24.3 Å². The molecule has 1 aromatic carbocycles. The molecule has 1 aliphatic rings. The third-order valence-corrected chi connectivity index (χ3v) is 5.42. The number of benzene rings is 1. The Kier molecular flexibility index (Phi) is 4.17. The molecule has 2 aromatic rings. The summed E-state index contributed by atoms with van der Waals surface area (Å²) in [4.78, 5) is 31.0. The summed E-state index contributed by atoms with van der Waals surface area (Å²) in [5, 5.41) is 10.4. The summed E-state index contributed by atoms with van der Waals surface area (Å²) < 4.78 is 0. The molecule has 1 N–H and O–H groups in total. The highest BCUT2D eigenvalue weighted by atomic mass is 32.1. The van der Waals surface area contributed by atoms with E-state index in [1.54, 1.807) is 6.92 Å². The van der Waals surface area contributed by atoms with Crippen molar-refractivity contribution in [1.29, 1.82) is 0 Å². The molecule has 23 heavy (non-hydrogen) atoms. The lowest BCUT2D eigenvalue weighted by Crippen LogP contribution is -2.48. The molecule has 5 nitrogen and oxygen atoms in total. The minimum absolute atomic E-state index is 0.235. The number of amides is 1. The molecule has 0 saturated carbocycles. The molecule has 0 aliphatic carbocycles. The zero-order valence-corrected chi connectivity index (χ0v) is 13.9. The third-order valence-electron chi connectivity index (χ3n) is 4.13. The Morgan fingerprint density at radius 3 is 2.65 bits per heavy atom. The van der Waals surface area contributed by atoms with Crippen LogP contribution >= 0.6 is 11.3 Å². The molecule has 0 fully saturated rings. The summed E-state index contributed by atoms with van der Waals surface area (Å²) in [5.74, 6) is -1.20. The number of rotatable bonds is 3. The van der Waals surface area contributed by atoms with Gasteiger partial charge in [-0.05, 0) is 24.5 Å². The Hall–Kier alpha value is -2.21. The lowest BCUT2D eigenvalue weighted by atomic mass is 9.94. The van der Waals surface area contributed by atoms with Crippen molar-refractivity contribution in [1.82, 2.24) is 9.88 Å². The number of hydrogen-bond donors (Lipinski definition) is 1. The topological polar surface area (TPSA) is 70.5 Å². The number of carboxylic acids is 1. The Balaban J connectivity index is 1.97. The first-order valence-electron chi connectivity index (χ1n) is 7.58. The number of carbonyl (C=O) groups is 2. The van der Waals surface area contributed by atoms with Crippen LogP contribution in [-0.2, 0) is 24.2 Å². The zero-order chi connectivity index (χ0) is 16.6. The fourth-order valence-corrected chi connectivity index (χ4v) is 3.85. The molecule has 0 spiro atoms. The van der Waals surface area contributed by atoms with Gasteiger partial charge in [-0.3, -0.25) is 4.79 Å². The molecule has 1 aliphatic heterocycles. The van der Waals surface area contributed by atoms with Gasteiger partial charge in [0.1, 0.15) is 10.9 Å². The van der Waals surface area contributed by atoms with Crippen LogP contribution in [0.25, 0.3) is 0 Å². The lowest BCUT2D eigenvalue weighted by molar-refractivity contribution is -0.142. The maximum Gasteiger partial charge on any atom is 0.326 e. The van der Waals surface area contributed by atoms with E-state index in [9.17, 15) is 14.7 Å². The number of carboxylic acid groups (broad SMARTS) is 1. The van der Waals surface area contributed by atoms with Crippen molar-refractivity contribution < 1.29 is 14.7 Å². The first kappa shape index (κ1) is 15.7. The predicted octanol–water partition coefficient (Wildman–Crippen LogP) is 2.67. The van der Waals surface area contributed by atoms with E-state index >= 15 is 0 Å². The van der Waals surface area contributed by atoms with Gasteiger partial charge in [0, 0.05) is 13.0 Å². The van der Waals surface area contributed by atoms with E-state index in [4.69, 9.17) is 0 Å². The smallest absolute Gasteiger partial charge is 0.326 e. The maximum atomic E-state index is 12.9. The van der Waals surface area contributed by atoms with Crippen molar-refractivity contribution in [3.63, 3.8) is 0 Å². The molecule has 1 atom stereocenters. The van der Waals surface area contributed by atoms with Crippen LogP contribution in [-0.4, -0.2) is 32.9 Å². The monoisotopic (exact) mass is 330 g/mol. The van der Waals surface area contributed by atoms with Crippen LogP contribution in [0.4, 0.5) is 0 Å². The van der Waals surface area contributed by atoms with E-state index in [1.807, 2.05) is 31.2 Å². The molecule has 6 heteroatoms. The highest BCUT2D eigenvalue weighted by Gasteiger charge is 2.36. The van der Waals surface area contributed by atoms with Gasteiger partial charge in [0.05, 0.1) is 10.7 Å². The molecule has 2 heterocycles. The second-order valence-corrected chi connectivity index (χ2v) is 6.72. The number of aliphatic carboxylic acids is 1. The second kappa shape index (κ2) is 6.12. The van der Waals surface area contributed by atoms with Gasteiger partial charge >= 0.3 is 5.97 Å². The summed E-state index contributed by atoms with van der Waals surface area (Å²) in [7, 11) is 0. The molecule has 0 saturated heterocycles. The Morgan fingerprint density at radius 1 is 1.35 bits per heavy atom. The fraction of sp³-hybridized carbons (Fsp3) is 0.353. The number of hydrogen-bond acceptors (Lipinski definition) is 4. The number of aryl methyl sites for hydroxylation is 2. The van der Waals surface area contributed by atoms with Crippen molar-refractivity contribution in [3.05, 3.63) is 51.0 Å². The maximum absolute atomic E-state index is 12.9. The molecule has 1 unspecified atom stereocenters. The SMILES string of the molecule is CCc1nc(C)c(C(=O)N2Cc3ccccc3CC2C(=O)O)s1. The molecular formula is C17H18N2O3S. The molecule has 1 amide bonds. The van der Waals surface area contributed by atoms with E-state index in [2.05, 4.69) is 4.98 Å². The zero-order valence-electron chi connectivity index (χ0n) is 13.1. The summed E-state index contributed by atoms with van der Waals surface area (Å²) in [6, 6.07) is 6.86. The first-order valence-corrected chi connectivity index (χ1v) is 8.39. The van der Waals surface area contributed by atoms with Crippen molar-refractivity contribution in [3.8, 4) is 0 Å². The standard InChI is InChI=1S/C17H18N2O3S/c1-3-14-18-10(2)15(23-14)16(20)19-9-12-7-5-4-6-11(12)8-13(19)17(21)22/h4-7,13H,3,8-9H2,1-2H3,(H,21,22). The van der Waals surface area contributed by atoms with E-state index in [0.29, 0.717) is 23.5 Å². The van der Waals surface area contributed by atoms with Gasteiger partial charge in [-0.1, -0.05) is 31.2 Å². The molecular weight excluding hydrogens is 312 g/mol. The average Bonchev–Trinajstić information content (AvgIpc) is 2.94. The first-order chi connectivity index (χ1) is 11.0. The average molecular weight is 330 g/mol. The van der Waals surface area contributed by atoms with E-state index in [0.717, 1.165) is 22.6 Å². The van der Waals surface area contributed by atoms with Crippen molar-refractivity contribution in [2.24, 2.45) is 0 Å². The van der Waals surface area contributed by atoms with Gasteiger partial charge in [0.25, 0.3) is 5.91 Å². The fourth-order valence-electron chi connectivity index (χ4n) is 2.89. The summed E-state index contributed by atoms with van der Waals surface area (Å²) >= 11 is 1.36. The largest absolute Gasteiger partial charge is 0.480 e. The molecule has 1 aromatic heterocycles. The third kappa shape index (κ3) is 2.86. The van der Waals surface area contributed by atoms with Gasteiger partial charge in [-0.25, -0.2) is 9.78 Å². The van der Waals surface area contributed by atoms with Crippen LogP contribution in [0.2, 0.25) is 0 Å². The van der Waals surface area contributed by atoms with Crippen LogP contribution in [0.5, 0.6) is 0 Å². The summed E-state index contributed by atoms with van der Waals surface area (Å²) in [5.41, 5.74) is 2.69. The van der Waals surface area contributed by atoms with E-state index < -0.39 is 12.0 Å². The summed E-state index contributed by atoms with van der Waals surface area (Å²) in [6.45, 7) is 4.12. The normalized spacial score (nSPS) is 17.0. The van der Waals surface area contributed by atoms with Crippen LogP contribution < -0.4 is 0 Å². The van der Waals surface area contributed by atoms with Gasteiger partial charge < -0.3 is 10.0 Å². The number of fused-ring (bicyclic) bond motifs is 1. The number of nitrogens with zero attached hydrogens (tertiary/aromatic N) is 2. The van der Waals surface area contributed by atoms with Crippen molar-refractivity contribution in [2.45, 2.75) is 39.3 Å². The minimum atomic E-state index is -0.967. The van der Waals surface area contributed by atoms with Gasteiger partial charge in [-0.2, -0.15) is 0 Å². The molecule has 3 rings (SSSR count). The molecule has 120 valence electrons. The van der Waals surface area contributed by atoms with E-state index in [1.165, 1.54) is 16.2 Å². The van der Waals surface area contributed by atoms with Gasteiger partial charge in [0.2, 0.25) is 0 Å². The minimum Gasteiger partial charge on any atom is -0.480 e. The molecule has 0 radical (unpaired) electrons. The number of carbonyl (C=O) groups excluding carboxylic acids is 1. The Morgan fingerprint density at radius 2 is 2.04 bits per heavy atom. The van der Waals surface area contributed by atoms with Gasteiger partial charge in [-0.15, -0.1) is 11.3 Å². The van der Waals surface area contributed by atoms with Crippen LogP contribution in [0.1, 0.15) is 38.4 Å². The Bertz CT molecular complexity index is 769. The van der Waals surface area contributed by atoms with Gasteiger partial charge in [0.15, 0.2) is 0 Å². The van der Waals surface area contributed by atoms with E-state index in [-0.39, 0.29) is 5.91 Å². The lowest BCUT2D eigenvalue weighted by Gasteiger charge is -2.34. The quantitative estimate of drug-likeness (QED) is 0.939.